The van der Waals surface area contributed by atoms with Crippen LogP contribution in [-0.4, -0.2) is 41.2 Å². The number of para-hydroxylation sites is 1. The van der Waals surface area contributed by atoms with Crippen LogP contribution in [0.25, 0.3) is 0 Å². The van der Waals surface area contributed by atoms with Gasteiger partial charge < -0.3 is 10.1 Å². The first-order valence-corrected chi connectivity index (χ1v) is 11.0. The summed E-state index contributed by atoms with van der Waals surface area (Å²) in [6, 6.07) is 19.4. The number of carbonyl (C=O) groups excluding carboxylic acids is 4. The highest BCUT2D eigenvalue weighted by atomic mass is 16.5. The van der Waals surface area contributed by atoms with Crippen molar-refractivity contribution >= 4 is 29.4 Å². The van der Waals surface area contributed by atoms with E-state index < -0.39 is 29.7 Å². The van der Waals surface area contributed by atoms with Gasteiger partial charge in [0.15, 0.2) is 0 Å². The maximum Gasteiger partial charge on any atom is 0.340 e. The Morgan fingerprint density at radius 1 is 0.912 bits per heavy atom. The third-order valence-corrected chi connectivity index (χ3v) is 5.63. The zero-order valence-electron chi connectivity index (χ0n) is 18.9. The van der Waals surface area contributed by atoms with Gasteiger partial charge in [0.2, 0.25) is 5.91 Å². The minimum Gasteiger partial charge on any atom is -0.462 e. The maximum atomic E-state index is 13.6. The summed E-state index contributed by atoms with van der Waals surface area (Å²) in [5.41, 5.74) is 2.76. The molecule has 0 saturated carbocycles. The summed E-state index contributed by atoms with van der Waals surface area (Å²) in [5, 5.41) is 2.74. The number of anilines is 1. The van der Waals surface area contributed by atoms with Crippen molar-refractivity contribution in [3.63, 3.8) is 0 Å². The van der Waals surface area contributed by atoms with E-state index in [0.717, 1.165) is 16.0 Å². The first kappa shape index (κ1) is 22.9. The molecule has 1 unspecified atom stereocenters. The van der Waals surface area contributed by atoms with Crippen LogP contribution in [0.5, 0.6) is 0 Å². The molecule has 3 aromatic rings. The summed E-state index contributed by atoms with van der Waals surface area (Å²) in [6.45, 7) is 3.81. The van der Waals surface area contributed by atoms with E-state index in [1.165, 1.54) is 0 Å². The summed E-state index contributed by atoms with van der Waals surface area (Å²) in [6.07, 6.45) is 0.126. The monoisotopic (exact) mass is 456 g/mol. The maximum absolute atomic E-state index is 13.6. The Hall–Kier alpha value is -4.26. The lowest BCUT2D eigenvalue weighted by molar-refractivity contribution is -0.119. The molecule has 4 rings (SSSR count). The summed E-state index contributed by atoms with van der Waals surface area (Å²) in [5.74, 6) is -2.19. The van der Waals surface area contributed by atoms with E-state index in [0.29, 0.717) is 0 Å². The van der Waals surface area contributed by atoms with E-state index in [2.05, 4.69) is 5.32 Å². The van der Waals surface area contributed by atoms with Gasteiger partial charge >= 0.3 is 5.97 Å². The Labute approximate surface area is 197 Å². The molecule has 0 aromatic heterocycles. The molecule has 172 valence electrons. The summed E-state index contributed by atoms with van der Waals surface area (Å²) in [4.78, 5) is 53.3. The number of esters is 1. The van der Waals surface area contributed by atoms with E-state index in [1.54, 1.807) is 55.5 Å². The second-order valence-corrected chi connectivity index (χ2v) is 7.99. The number of hydrogen-bond donors (Lipinski definition) is 1. The Morgan fingerprint density at radius 2 is 1.56 bits per heavy atom. The number of rotatable bonds is 7. The highest BCUT2D eigenvalue weighted by Crippen LogP contribution is 2.27. The highest BCUT2D eigenvalue weighted by Gasteiger charge is 2.42. The van der Waals surface area contributed by atoms with Gasteiger partial charge in [-0.25, -0.2) is 4.79 Å². The molecule has 1 N–H and O–H groups in total. The Morgan fingerprint density at radius 3 is 2.21 bits per heavy atom. The predicted octanol–water partition coefficient (Wildman–Crippen LogP) is 4.02. The summed E-state index contributed by atoms with van der Waals surface area (Å²) >= 11 is 0. The van der Waals surface area contributed by atoms with Crippen LogP contribution in [0, 0.1) is 6.92 Å². The van der Waals surface area contributed by atoms with Crippen molar-refractivity contribution in [2.75, 3.05) is 11.9 Å². The average Bonchev–Trinajstić information content (AvgIpc) is 3.08. The SMILES string of the molecule is CCOC(=O)c1ccccc1NC(=O)C(Cc1cccc(C)c1)N1C(=O)c2ccccc2C1=O. The number of fused-ring (bicyclic) bond motifs is 1. The van der Waals surface area contributed by atoms with Gasteiger partial charge in [-0.2, -0.15) is 0 Å². The summed E-state index contributed by atoms with van der Waals surface area (Å²) in [7, 11) is 0. The number of nitrogens with one attached hydrogen (secondary N) is 1. The van der Waals surface area contributed by atoms with Gasteiger partial charge in [-0.1, -0.05) is 54.1 Å². The zero-order chi connectivity index (χ0) is 24.2. The molecule has 0 saturated heterocycles. The first-order chi connectivity index (χ1) is 16.4. The van der Waals surface area contributed by atoms with E-state index in [4.69, 9.17) is 4.74 Å². The zero-order valence-corrected chi connectivity index (χ0v) is 18.9. The lowest BCUT2D eigenvalue weighted by atomic mass is 10.0. The Balaban J connectivity index is 1.70. The second kappa shape index (κ2) is 9.70. The van der Waals surface area contributed by atoms with Crippen molar-refractivity contribution in [1.29, 1.82) is 0 Å². The van der Waals surface area contributed by atoms with Gasteiger partial charge in [0.05, 0.1) is 29.0 Å². The number of nitrogens with zero attached hydrogens (tertiary/aromatic N) is 1. The molecule has 0 fully saturated rings. The van der Waals surface area contributed by atoms with Gasteiger partial charge in [-0.05, 0) is 43.7 Å². The molecule has 7 nitrogen and oxygen atoms in total. The number of benzene rings is 3. The second-order valence-electron chi connectivity index (χ2n) is 7.99. The third-order valence-electron chi connectivity index (χ3n) is 5.63. The van der Waals surface area contributed by atoms with Crippen LogP contribution in [-0.2, 0) is 16.0 Å². The topological polar surface area (TPSA) is 92.8 Å². The van der Waals surface area contributed by atoms with Gasteiger partial charge in [0.25, 0.3) is 11.8 Å². The Kier molecular flexibility index (Phi) is 6.54. The predicted molar refractivity (Wildman–Crippen MR) is 127 cm³/mol. The van der Waals surface area contributed by atoms with Crippen LogP contribution in [0.2, 0.25) is 0 Å². The van der Waals surface area contributed by atoms with Gasteiger partial charge in [0.1, 0.15) is 6.04 Å². The van der Waals surface area contributed by atoms with Crippen molar-refractivity contribution in [2.45, 2.75) is 26.3 Å². The molecule has 34 heavy (non-hydrogen) atoms. The van der Waals surface area contributed by atoms with Crippen LogP contribution in [0.4, 0.5) is 5.69 Å². The van der Waals surface area contributed by atoms with Gasteiger partial charge in [-0.15, -0.1) is 0 Å². The number of imide groups is 1. The Bertz CT molecular complexity index is 1250. The number of carbonyl (C=O) groups is 4. The molecule has 1 heterocycles. The van der Waals surface area contributed by atoms with E-state index in [9.17, 15) is 19.2 Å². The molecule has 3 aromatic carbocycles. The number of aryl methyl sites for hydroxylation is 1. The molecule has 3 amide bonds. The minimum absolute atomic E-state index is 0.126. The lowest BCUT2D eigenvalue weighted by Crippen LogP contribution is -2.48. The van der Waals surface area contributed by atoms with Crippen LogP contribution in [0.15, 0.2) is 72.8 Å². The normalized spacial score (nSPS) is 13.4. The van der Waals surface area contributed by atoms with E-state index >= 15 is 0 Å². The molecule has 0 aliphatic carbocycles. The fourth-order valence-corrected chi connectivity index (χ4v) is 4.05. The van der Waals surface area contributed by atoms with E-state index in [-0.39, 0.29) is 35.4 Å². The van der Waals surface area contributed by atoms with Crippen LogP contribution in [0.3, 0.4) is 0 Å². The molecule has 1 aliphatic rings. The van der Waals surface area contributed by atoms with Crippen molar-refractivity contribution in [3.8, 4) is 0 Å². The molecular formula is C27H24N2O5. The molecule has 0 spiro atoms. The first-order valence-electron chi connectivity index (χ1n) is 11.0. The molecule has 0 radical (unpaired) electrons. The third kappa shape index (κ3) is 4.45. The molecule has 1 atom stereocenters. The summed E-state index contributed by atoms with van der Waals surface area (Å²) < 4.78 is 5.09. The minimum atomic E-state index is -1.12. The van der Waals surface area contributed by atoms with Crippen molar-refractivity contribution in [1.82, 2.24) is 4.90 Å². The van der Waals surface area contributed by atoms with Crippen LogP contribution in [0.1, 0.15) is 49.1 Å². The average molecular weight is 456 g/mol. The van der Waals surface area contributed by atoms with Crippen LogP contribution >= 0.6 is 0 Å². The van der Waals surface area contributed by atoms with Gasteiger partial charge in [-0.3, -0.25) is 19.3 Å². The highest BCUT2D eigenvalue weighted by molar-refractivity contribution is 6.23. The molecular weight excluding hydrogens is 432 g/mol. The quantitative estimate of drug-likeness (QED) is 0.428. The van der Waals surface area contributed by atoms with Crippen molar-refractivity contribution in [3.05, 3.63) is 101 Å². The fraction of sp³-hybridized carbons (Fsp3) is 0.185. The number of hydrogen-bond acceptors (Lipinski definition) is 5. The fourth-order valence-electron chi connectivity index (χ4n) is 4.05. The molecule has 0 bridgehead atoms. The number of ether oxygens (including phenoxy) is 1. The van der Waals surface area contributed by atoms with Crippen molar-refractivity contribution in [2.24, 2.45) is 0 Å². The number of amides is 3. The largest absolute Gasteiger partial charge is 0.462 e. The van der Waals surface area contributed by atoms with Gasteiger partial charge in [0, 0.05) is 6.42 Å². The van der Waals surface area contributed by atoms with Crippen LogP contribution < -0.4 is 5.32 Å². The standard InChI is InChI=1S/C27H24N2O5/c1-3-34-27(33)21-13-6-7-14-22(21)28-24(30)23(16-18-10-8-9-17(2)15-18)29-25(31)19-11-4-5-12-20(19)26(29)32/h4-15,23H,3,16H2,1-2H3,(H,28,30). The molecule has 7 heteroatoms. The van der Waals surface area contributed by atoms with Crippen molar-refractivity contribution < 1.29 is 23.9 Å². The smallest absolute Gasteiger partial charge is 0.340 e. The van der Waals surface area contributed by atoms with E-state index in [1.807, 2.05) is 31.2 Å². The molecule has 1 aliphatic heterocycles. The lowest BCUT2D eigenvalue weighted by Gasteiger charge is -2.26.